The molecule has 0 unspecified atom stereocenters. The van der Waals surface area contributed by atoms with Crippen LogP contribution in [0.5, 0.6) is 5.75 Å². The summed E-state index contributed by atoms with van der Waals surface area (Å²) in [7, 11) is 0. The second-order valence-corrected chi connectivity index (χ2v) is 3.62. The highest BCUT2D eigenvalue weighted by Crippen LogP contribution is 2.18. The lowest BCUT2D eigenvalue weighted by atomic mass is 10.1. The molecule has 0 aromatic heterocycles. The first-order chi connectivity index (χ1) is 8.13. The van der Waals surface area contributed by atoms with Gasteiger partial charge in [-0.15, -0.1) is 0 Å². The maximum atomic E-state index is 10.5. The quantitative estimate of drug-likeness (QED) is 0.585. The van der Waals surface area contributed by atoms with E-state index in [1.54, 1.807) is 19.1 Å². The Hall–Kier alpha value is -1.81. The average Bonchev–Trinajstić information content (AvgIpc) is 2.29. The van der Waals surface area contributed by atoms with Crippen LogP contribution in [0.15, 0.2) is 30.3 Å². The molecular formula is C13H16O4. The molecule has 92 valence electrons. The van der Waals surface area contributed by atoms with Crippen LogP contribution >= 0.6 is 0 Å². The normalized spacial score (nSPS) is 11.3. The van der Waals surface area contributed by atoms with Gasteiger partial charge in [0.2, 0.25) is 0 Å². The monoisotopic (exact) mass is 236 g/mol. The van der Waals surface area contributed by atoms with E-state index in [0.29, 0.717) is 24.4 Å². The summed E-state index contributed by atoms with van der Waals surface area (Å²) in [5, 5.41) is 17.2. The Morgan fingerprint density at radius 1 is 1.35 bits per heavy atom. The molecule has 0 aliphatic carbocycles. The van der Waals surface area contributed by atoms with Gasteiger partial charge in [-0.05, 0) is 30.2 Å². The van der Waals surface area contributed by atoms with Crippen LogP contribution in [0.3, 0.4) is 0 Å². The van der Waals surface area contributed by atoms with E-state index in [0.717, 1.165) is 5.56 Å². The first-order valence-corrected chi connectivity index (χ1v) is 5.39. The van der Waals surface area contributed by atoms with Crippen molar-refractivity contribution in [2.45, 2.75) is 13.3 Å². The van der Waals surface area contributed by atoms with Gasteiger partial charge < -0.3 is 14.9 Å². The molecule has 1 aromatic rings. The fourth-order valence-electron chi connectivity index (χ4n) is 1.34. The zero-order chi connectivity index (χ0) is 12.7. The second-order valence-electron chi connectivity index (χ2n) is 3.62. The minimum Gasteiger partial charge on any atom is -0.494 e. The summed E-state index contributed by atoms with van der Waals surface area (Å²) in [6.07, 6.45) is 1.77. The van der Waals surface area contributed by atoms with Gasteiger partial charge in [0.05, 0.1) is 6.61 Å². The van der Waals surface area contributed by atoms with E-state index in [1.807, 2.05) is 12.1 Å². The fraction of sp³-hybridized carbons (Fsp3) is 0.308. The molecular weight excluding hydrogens is 220 g/mol. The molecule has 0 bridgehead atoms. The highest BCUT2D eigenvalue weighted by molar-refractivity contribution is 5.89. The number of hydrogen-bond donors (Lipinski definition) is 2. The smallest absolute Gasteiger partial charge is 0.328 e. The minimum atomic E-state index is -0.953. The summed E-state index contributed by atoms with van der Waals surface area (Å²) >= 11 is 0. The molecule has 1 rings (SSSR count). The van der Waals surface area contributed by atoms with Gasteiger partial charge in [0.1, 0.15) is 5.75 Å². The van der Waals surface area contributed by atoms with E-state index in [4.69, 9.17) is 14.9 Å². The Labute approximate surface area is 100 Å². The number of allylic oxidation sites excluding steroid dienone is 1. The summed E-state index contributed by atoms with van der Waals surface area (Å²) in [5.74, 6) is -0.240. The Morgan fingerprint density at radius 2 is 2.00 bits per heavy atom. The molecule has 0 amide bonds. The number of ether oxygens (including phenoxy) is 1. The van der Waals surface area contributed by atoms with Gasteiger partial charge in [-0.3, -0.25) is 0 Å². The maximum absolute atomic E-state index is 10.5. The van der Waals surface area contributed by atoms with Crippen molar-refractivity contribution in [3.8, 4) is 5.75 Å². The summed E-state index contributed by atoms with van der Waals surface area (Å²) < 4.78 is 5.37. The third-order valence-electron chi connectivity index (χ3n) is 2.22. The average molecular weight is 236 g/mol. The number of rotatable bonds is 6. The molecule has 0 atom stereocenters. The van der Waals surface area contributed by atoms with Crippen LogP contribution in [0, 0.1) is 0 Å². The van der Waals surface area contributed by atoms with E-state index < -0.39 is 5.97 Å². The predicted octanol–water partition coefficient (Wildman–Crippen LogP) is 1.94. The molecule has 2 N–H and O–H groups in total. The van der Waals surface area contributed by atoms with Crippen LogP contribution in [-0.2, 0) is 4.79 Å². The van der Waals surface area contributed by atoms with Gasteiger partial charge in [0, 0.05) is 19.1 Å². The van der Waals surface area contributed by atoms with Crippen LogP contribution in [0.25, 0.3) is 5.57 Å². The van der Waals surface area contributed by atoms with Gasteiger partial charge in [0.15, 0.2) is 0 Å². The van der Waals surface area contributed by atoms with Crippen molar-refractivity contribution >= 4 is 11.5 Å². The van der Waals surface area contributed by atoms with Crippen molar-refractivity contribution in [1.82, 2.24) is 0 Å². The zero-order valence-electron chi connectivity index (χ0n) is 9.72. The van der Waals surface area contributed by atoms with E-state index >= 15 is 0 Å². The lowest BCUT2D eigenvalue weighted by Gasteiger charge is -2.06. The number of benzene rings is 1. The van der Waals surface area contributed by atoms with Crippen molar-refractivity contribution < 1.29 is 19.7 Å². The molecule has 17 heavy (non-hydrogen) atoms. The maximum Gasteiger partial charge on any atom is 0.328 e. The Balaban J connectivity index is 2.64. The standard InChI is InChI=1S/C13H16O4/c1-10(9-13(15)16)11-3-5-12(6-4-11)17-8-2-7-14/h3-6,9,14H,2,7-8H2,1H3,(H,15,16)/b10-9+. The Bertz CT molecular complexity index is 392. The van der Waals surface area contributed by atoms with E-state index in [1.165, 1.54) is 6.08 Å². The van der Waals surface area contributed by atoms with Gasteiger partial charge in [0.25, 0.3) is 0 Å². The highest BCUT2D eigenvalue weighted by atomic mass is 16.5. The SMILES string of the molecule is C/C(=C\C(=O)O)c1ccc(OCCCO)cc1. The van der Waals surface area contributed by atoms with Crippen molar-refractivity contribution in [2.24, 2.45) is 0 Å². The number of carboxylic acids is 1. The van der Waals surface area contributed by atoms with Crippen molar-refractivity contribution in [3.05, 3.63) is 35.9 Å². The van der Waals surface area contributed by atoms with Gasteiger partial charge in [-0.1, -0.05) is 12.1 Å². The summed E-state index contributed by atoms with van der Waals surface area (Å²) in [4.78, 5) is 10.5. The molecule has 4 nitrogen and oxygen atoms in total. The molecule has 0 heterocycles. The number of carbonyl (C=O) groups is 1. The van der Waals surface area contributed by atoms with E-state index in [2.05, 4.69) is 0 Å². The van der Waals surface area contributed by atoms with Crippen LogP contribution < -0.4 is 4.74 Å². The lowest BCUT2D eigenvalue weighted by Crippen LogP contribution is -1.99. The van der Waals surface area contributed by atoms with Crippen LogP contribution in [0.2, 0.25) is 0 Å². The van der Waals surface area contributed by atoms with Crippen molar-refractivity contribution in [1.29, 1.82) is 0 Å². The van der Waals surface area contributed by atoms with E-state index in [-0.39, 0.29) is 6.61 Å². The number of aliphatic carboxylic acids is 1. The third-order valence-corrected chi connectivity index (χ3v) is 2.22. The molecule has 0 aliphatic heterocycles. The van der Waals surface area contributed by atoms with Crippen LogP contribution in [0.4, 0.5) is 0 Å². The molecule has 0 aliphatic rings. The Morgan fingerprint density at radius 3 is 2.53 bits per heavy atom. The molecule has 0 fully saturated rings. The number of carboxylic acid groups (broad SMARTS) is 1. The first-order valence-electron chi connectivity index (χ1n) is 5.39. The van der Waals surface area contributed by atoms with Gasteiger partial charge >= 0.3 is 5.97 Å². The number of hydrogen-bond acceptors (Lipinski definition) is 3. The van der Waals surface area contributed by atoms with Crippen molar-refractivity contribution in [2.75, 3.05) is 13.2 Å². The number of aliphatic hydroxyl groups excluding tert-OH is 1. The topological polar surface area (TPSA) is 66.8 Å². The van der Waals surface area contributed by atoms with Gasteiger partial charge in [-0.25, -0.2) is 4.79 Å². The molecule has 0 saturated carbocycles. The molecule has 0 spiro atoms. The number of aliphatic hydroxyl groups is 1. The zero-order valence-corrected chi connectivity index (χ0v) is 9.72. The van der Waals surface area contributed by atoms with Gasteiger partial charge in [-0.2, -0.15) is 0 Å². The summed E-state index contributed by atoms with van der Waals surface area (Å²) in [6, 6.07) is 7.18. The first kappa shape index (κ1) is 13.3. The molecule has 1 aromatic carbocycles. The highest BCUT2D eigenvalue weighted by Gasteiger charge is 1.99. The summed E-state index contributed by atoms with van der Waals surface area (Å²) in [6.45, 7) is 2.33. The fourth-order valence-corrected chi connectivity index (χ4v) is 1.34. The van der Waals surface area contributed by atoms with Crippen molar-refractivity contribution in [3.63, 3.8) is 0 Å². The largest absolute Gasteiger partial charge is 0.494 e. The lowest BCUT2D eigenvalue weighted by molar-refractivity contribution is -0.131. The molecule has 0 radical (unpaired) electrons. The Kier molecular flexibility index (Phi) is 5.23. The second kappa shape index (κ2) is 6.70. The molecule has 4 heteroatoms. The minimum absolute atomic E-state index is 0.110. The van der Waals surface area contributed by atoms with E-state index in [9.17, 15) is 4.79 Å². The van der Waals surface area contributed by atoms with Crippen LogP contribution in [0.1, 0.15) is 18.9 Å². The predicted molar refractivity (Wildman–Crippen MR) is 64.9 cm³/mol. The summed E-state index contributed by atoms with van der Waals surface area (Å²) in [5.41, 5.74) is 1.54. The van der Waals surface area contributed by atoms with Crippen LogP contribution in [-0.4, -0.2) is 29.4 Å². The molecule has 0 saturated heterocycles. The third kappa shape index (κ3) is 4.70.